The topological polar surface area (TPSA) is 66.0 Å². The van der Waals surface area contributed by atoms with Gasteiger partial charge in [-0.2, -0.15) is 0 Å². The fourth-order valence-electron chi connectivity index (χ4n) is 2.79. The molecule has 1 aromatic carbocycles. The average Bonchev–Trinajstić information content (AvgIpc) is 3.11. The van der Waals surface area contributed by atoms with Crippen LogP contribution in [-0.2, 0) is 4.79 Å². The molecule has 1 aliphatic heterocycles. The highest BCUT2D eigenvalue weighted by molar-refractivity contribution is 9.09. The van der Waals surface area contributed by atoms with Crippen molar-refractivity contribution < 1.29 is 4.79 Å². The first-order chi connectivity index (χ1) is 11.5. The maximum Gasteiger partial charge on any atom is 0.245 e. The molecular weight excluding hydrogens is 388 g/mol. The summed E-state index contributed by atoms with van der Waals surface area (Å²) in [5.74, 6) is 0.340. The van der Waals surface area contributed by atoms with Crippen LogP contribution in [0.2, 0.25) is 0 Å². The number of carbonyl (C=O) groups is 1. The van der Waals surface area contributed by atoms with Crippen LogP contribution < -0.4 is 16.2 Å². The number of aromatic nitrogens is 1. The number of halogens is 1. The number of benzene rings is 1. The summed E-state index contributed by atoms with van der Waals surface area (Å²) < 4.78 is 0. The third kappa shape index (κ3) is 3.54. The number of hydrazine groups is 1. The monoisotopic (exact) mass is 408 g/mol. The van der Waals surface area contributed by atoms with Crippen LogP contribution in [0, 0.1) is 12.8 Å². The Bertz CT molecular complexity index is 719. The van der Waals surface area contributed by atoms with E-state index in [0.717, 1.165) is 16.1 Å². The Kier molecular flexibility index (Phi) is 5.34. The number of nitrogens with one attached hydrogen (secondary N) is 3. The highest BCUT2D eigenvalue weighted by atomic mass is 79.9. The van der Waals surface area contributed by atoms with E-state index >= 15 is 0 Å². The molecule has 1 fully saturated rings. The summed E-state index contributed by atoms with van der Waals surface area (Å²) in [7, 11) is 0. The van der Waals surface area contributed by atoms with Crippen molar-refractivity contribution in [1.82, 2.24) is 15.8 Å². The van der Waals surface area contributed by atoms with Gasteiger partial charge in [0.2, 0.25) is 5.91 Å². The number of rotatable bonds is 4. The minimum atomic E-state index is -0.332. The molecule has 2 aromatic rings. The molecule has 0 saturated carbocycles. The van der Waals surface area contributed by atoms with Gasteiger partial charge in [0.1, 0.15) is 6.04 Å². The first-order valence-electron chi connectivity index (χ1n) is 7.96. The van der Waals surface area contributed by atoms with Gasteiger partial charge in [0.05, 0.1) is 15.4 Å². The molecule has 3 N–H and O–H groups in total. The standard InChI is InChI=1S/C17H21BrN4OS/c1-9(2)13-12(18)14(22-21-13)16(23)20-17-19-10(3)15(24-17)11-7-5-4-6-8-11/h4-9,12-14,21-22H,1-3H3,(H,19,20,23). The van der Waals surface area contributed by atoms with Crippen molar-refractivity contribution in [3.8, 4) is 10.4 Å². The fraction of sp³-hybridized carbons (Fsp3) is 0.412. The van der Waals surface area contributed by atoms with Crippen molar-refractivity contribution in [2.75, 3.05) is 5.32 Å². The van der Waals surface area contributed by atoms with Crippen LogP contribution in [0.5, 0.6) is 0 Å². The van der Waals surface area contributed by atoms with Crippen LogP contribution >= 0.6 is 27.3 Å². The van der Waals surface area contributed by atoms with E-state index in [9.17, 15) is 4.79 Å². The highest BCUT2D eigenvalue weighted by Gasteiger charge is 2.39. The van der Waals surface area contributed by atoms with Crippen molar-refractivity contribution in [2.45, 2.75) is 37.7 Å². The first kappa shape index (κ1) is 17.5. The fourth-order valence-corrected chi connectivity index (χ4v) is 4.88. The first-order valence-corrected chi connectivity index (χ1v) is 9.69. The molecule has 0 bridgehead atoms. The second kappa shape index (κ2) is 7.31. The van der Waals surface area contributed by atoms with Gasteiger partial charge in [-0.25, -0.2) is 10.4 Å². The van der Waals surface area contributed by atoms with E-state index in [1.54, 1.807) is 0 Å². The van der Waals surface area contributed by atoms with Crippen LogP contribution in [0.15, 0.2) is 30.3 Å². The molecule has 0 spiro atoms. The predicted molar refractivity (Wildman–Crippen MR) is 102 cm³/mol. The largest absolute Gasteiger partial charge is 0.301 e. The molecule has 7 heteroatoms. The number of anilines is 1. The molecule has 3 rings (SSSR count). The highest BCUT2D eigenvalue weighted by Crippen LogP contribution is 2.33. The molecule has 1 aliphatic rings. The third-order valence-electron chi connectivity index (χ3n) is 4.13. The summed E-state index contributed by atoms with van der Waals surface area (Å²) in [5, 5.41) is 3.57. The molecule has 3 unspecified atom stereocenters. The lowest BCUT2D eigenvalue weighted by Gasteiger charge is -2.19. The summed E-state index contributed by atoms with van der Waals surface area (Å²) in [6.07, 6.45) is 0. The SMILES string of the molecule is Cc1nc(NC(=O)C2NNC(C(C)C)C2Br)sc1-c1ccccc1. The molecule has 0 aliphatic carbocycles. The van der Waals surface area contributed by atoms with E-state index in [4.69, 9.17) is 0 Å². The van der Waals surface area contributed by atoms with Crippen molar-refractivity contribution >= 4 is 38.3 Å². The summed E-state index contributed by atoms with van der Waals surface area (Å²) in [4.78, 5) is 18.2. The van der Waals surface area contributed by atoms with Gasteiger partial charge >= 0.3 is 0 Å². The molecule has 24 heavy (non-hydrogen) atoms. The van der Waals surface area contributed by atoms with E-state index in [1.807, 2.05) is 25.1 Å². The van der Waals surface area contributed by atoms with E-state index in [-0.39, 0.29) is 22.8 Å². The summed E-state index contributed by atoms with van der Waals surface area (Å²) in [5.41, 5.74) is 8.31. The minimum absolute atomic E-state index is 0.0344. The van der Waals surface area contributed by atoms with E-state index in [2.05, 4.69) is 63.1 Å². The van der Waals surface area contributed by atoms with Gasteiger partial charge < -0.3 is 5.32 Å². The number of carbonyl (C=O) groups excluding carboxylic acids is 1. The van der Waals surface area contributed by atoms with Crippen molar-refractivity contribution in [2.24, 2.45) is 5.92 Å². The van der Waals surface area contributed by atoms with E-state index in [1.165, 1.54) is 11.3 Å². The zero-order valence-electron chi connectivity index (χ0n) is 13.8. The van der Waals surface area contributed by atoms with Gasteiger partial charge in [-0.05, 0) is 18.4 Å². The second-order valence-electron chi connectivity index (χ2n) is 6.27. The number of hydrogen-bond acceptors (Lipinski definition) is 5. The zero-order chi connectivity index (χ0) is 17.3. The molecule has 2 heterocycles. The second-order valence-corrected chi connectivity index (χ2v) is 8.33. The number of thiazole rings is 1. The number of alkyl halides is 1. The summed E-state index contributed by atoms with van der Waals surface area (Å²) in [6.45, 7) is 6.22. The van der Waals surface area contributed by atoms with Gasteiger partial charge in [-0.15, -0.1) is 0 Å². The minimum Gasteiger partial charge on any atom is -0.301 e. The maximum absolute atomic E-state index is 12.6. The Hall–Kier alpha value is -1.28. The van der Waals surface area contributed by atoms with Crippen LogP contribution in [0.1, 0.15) is 19.5 Å². The molecule has 1 amide bonds. The summed E-state index contributed by atoms with van der Waals surface area (Å²) in [6, 6.07) is 9.97. The Labute approximate surface area is 154 Å². The number of nitrogens with zero attached hydrogens (tertiary/aromatic N) is 1. The van der Waals surface area contributed by atoms with Crippen molar-refractivity contribution in [3.05, 3.63) is 36.0 Å². The van der Waals surface area contributed by atoms with Crippen LogP contribution in [0.4, 0.5) is 5.13 Å². The number of hydrogen-bond donors (Lipinski definition) is 3. The lowest BCUT2D eigenvalue weighted by molar-refractivity contribution is -0.117. The quantitative estimate of drug-likeness (QED) is 0.678. The molecule has 3 atom stereocenters. The zero-order valence-corrected chi connectivity index (χ0v) is 16.2. The molecule has 1 aromatic heterocycles. The Morgan fingerprint density at radius 1 is 1.29 bits per heavy atom. The molecular formula is C17H21BrN4OS. The Morgan fingerprint density at radius 3 is 2.62 bits per heavy atom. The van der Waals surface area contributed by atoms with Gasteiger partial charge in [0.15, 0.2) is 5.13 Å². The average molecular weight is 409 g/mol. The molecule has 0 radical (unpaired) electrons. The molecule has 5 nitrogen and oxygen atoms in total. The molecule has 128 valence electrons. The summed E-state index contributed by atoms with van der Waals surface area (Å²) >= 11 is 5.14. The number of amides is 1. The van der Waals surface area contributed by atoms with Gasteiger partial charge in [0.25, 0.3) is 0 Å². The third-order valence-corrected chi connectivity index (χ3v) is 6.35. The van der Waals surface area contributed by atoms with Crippen molar-refractivity contribution in [3.63, 3.8) is 0 Å². The van der Waals surface area contributed by atoms with Crippen molar-refractivity contribution in [1.29, 1.82) is 0 Å². The van der Waals surface area contributed by atoms with Crippen LogP contribution in [-0.4, -0.2) is 27.8 Å². The normalized spacial score (nSPS) is 23.6. The maximum atomic E-state index is 12.6. The van der Waals surface area contributed by atoms with Crippen LogP contribution in [0.3, 0.4) is 0 Å². The number of aryl methyl sites for hydroxylation is 1. The Morgan fingerprint density at radius 2 is 2.00 bits per heavy atom. The lowest BCUT2D eigenvalue weighted by Crippen LogP contribution is -2.42. The van der Waals surface area contributed by atoms with Gasteiger partial charge in [-0.3, -0.25) is 10.2 Å². The van der Waals surface area contributed by atoms with Gasteiger partial charge in [0, 0.05) is 6.04 Å². The predicted octanol–water partition coefficient (Wildman–Crippen LogP) is 3.32. The smallest absolute Gasteiger partial charge is 0.245 e. The van der Waals surface area contributed by atoms with E-state index < -0.39 is 0 Å². The molecule has 1 saturated heterocycles. The Balaban J connectivity index is 1.72. The lowest BCUT2D eigenvalue weighted by atomic mass is 9.99. The van der Waals surface area contributed by atoms with E-state index in [0.29, 0.717) is 11.0 Å². The van der Waals surface area contributed by atoms with Crippen LogP contribution in [0.25, 0.3) is 10.4 Å². The van der Waals surface area contributed by atoms with Gasteiger partial charge in [-0.1, -0.05) is 71.4 Å².